The van der Waals surface area contributed by atoms with Crippen molar-refractivity contribution in [1.29, 1.82) is 5.26 Å². The highest BCUT2D eigenvalue weighted by atomic mass is 16.4. The SMILES string of the molecule is CC(C#N)CN(C)C(=O)NC1CCCC(C(=O)O)C1. The highest BCUT2D eigenvalue weighted by molar-refractivity contribution is 5.74. The largest absolute Gasteiger partial charge is 0.481 e. The zero-order valence-corrected chi connectivity index (χ0v) is 11.4. The number of nitriles is 1. The molecule has 2 amide bonds. The molecule has 1 fully saturated rings. The van der Waals surface area contributed by atoms with Crippen molar-refractivity contribution in [1.82, 2.24) is 10.2 Å². The van der Waals surface area contributed by atoms with Crippen molar-refractivity contribution in [2.24, 2.45) is 11.8 Å². The highest BCUT2D eigenvalue weighted by Crippen LogP contribution is 2.24. The van der Waals surface area contributed by atoms with Gasteiger partial charge in [-0.3, -0.25) is 4.79 Å². The van der Waals surface area contributed by atoms with E-state index in [1.54, 1.807) is 14.0 Å². The fourth-order valence-electron chi connectivity index (χ4n) is 2.36. The summed E-state index contributed by atoms with van der Waals surface area (Å²) in [5.41, 5.74) is 0. The summed E-state index contributed by atoms with van der Waals surface area (Å²) in [5, 5.41) is 20.5. The monoisotopic (exact) mass is 267 g/mol. The van der Waals surface area contributed by atoms with Crippen LogP contribution in [0.4, 0.5) is 4.79 Å². The van der Waals surface area contributed by atoms with E-state index in [-0.39, 0.29) is 23.9 Å². The van der Waals surface area contributed by atoms with Crippen molar-refractivity contribution in [3.05, 3.63) is 0 Å². The average Bonchev–Trinajstić information content (AvgIpc) is 2.38. The van der Waals surface area contributed by atoms with Gasteiger partial charge in [-0.1, -0.05) is 6.42 Å². The van der Waals surface area contributed by atoms with Gasteiger partial charge < -0.3 is 15.3 Å². The first-order valence-corrected chi connectivity index (χ1v) is 6.58. The predicted octanol–water partition coefficient (Wildman–Crippen LogP) is 1.43. The zero-order chi connectivity index (χ0) is 14.4. The number of carboxylic acid groups (broad SMARTS) is 1. The van der Waals surface area contributed by atoms with Crippen molar-refractivity contribution in [2.75, 3.05) is 13.6 Å². The Hall–Kier alpha value is -1.77. The van der Waals surface area contributed by atoms with E-state index in [9.17, 15) is 9.59 Å². The van der Waals surface area contributed by atoms with E-state index < -0.39 is 5.97 Å². The van der Waals surface area contributed by atoms with E-state index in [4.69, 9.17) is 10.4 Å². The van der Waals surface area contributed by atoms with Crippen LogP contribution in [0, 0.1) is 23.2 Å². The Morgan fingerprint density at radius 1 is 1.53 bits per heavy atom. The minimum absolute atomic E-state index is 0.0813. The summed E-state index contributed by atoms with van der Waals surface area (Å²) in [6.07, 6.45) is 2.81. The maximum atomic E-state index is 11.9. The van der Waals surface area contributed by atoms with Crippen LogP contribution in [-0.2, 0) is 4.79 Å². The summed E-state index contributed by atoms with van der Waals surface area (Å²) in [7, 11) is 1.64. The van der Waals surface area contributed by atoms with Crippen LogP contribution in [-0.4, -0.2) is 41.6 Å². The van der Waals surface area contributed by atoms with Gasteiger partial charge in [-0.2, -0.15) is 5.26 Å². The first-order valence-electron chi connectivity index (χ1n) is 6.58. The standard InChI is InChI=1S/C13H21N3O3/c1-9(7-14)8-16(2)13(19)15-11-5-3-4-10(6-11)12(17)18/h9-11H,3-6,8H2,1-2H3,(H,15,19)(H,17,18). The number of hydrogen-bond acceptors (Lipinski definition) is 3. The van der Waals surface area contributed by atoms with E-state index in [1.807, 2.05) is 0 Å². The molecule has 6 heteroatoms. The van der Waals surface area contributed by atoms with E-state index in [1.165, 1.54) is 4.90 Å². The molecular formula is C13H21N3O3. The Labute approximate surface area is 113 Å². The molecule has 0 aromatic rings. The van der Waals surface area contributed by atoms with Crippen molar-refractivity contribution in [3.63, 3.8) is 0 Å². The number of urea groups is 1. The molecule has 1 rings (SSSR count). The number of amides is 2. The van der Waals surface area contributed by atoms with Gasteiger partial charge in [-0.15, -0.1) is 0 Å². The normalized spacial score (nSPS) is 24.1. The number of carbonyl (C=O) groups excluding carboxylic acids is 1. The summed E-state index contributed by atoms with van der Waals surface area (Å²) >= 11 is 0. The zero-order valence-electron chi connectivity index (χ0n) is 11.4. The number of rotatable bonds is 4. The molecule has 0 saturated heterocycles. The summed E-state index contributed by atoms with van der Waals surface area (Å²) in [6, 6.07) is 1.76. The second-order valence-corrected chi connectivity index (χ2v) is 5.26. The molecule has 1 aliphatic carbocycles. The lowest BCUT2D eigenvalue weighted by atomic mass is 9.86. The molecule has 3 unspecified atom stereocenters. The smallest absolute Gasteiger partial charge is 0.317 e. The van der Waals surface area contributed by atoms with Crippen molar-refractivity contribution < 1.29 is 14.7 Å². The van der Waals surface area contributed by atoms with Gasteiger partial charge in [0, 0.05) is 19.6 Å². The van der Waals surface area contributed by atoms with E-state index in [2.05, 4.69) is 11.4 Å². The summed E-state index contributed by atoms with van der Waals surface area (Å²) < 4.78 is 0. The van der Waals surface area contributed by atoms with Crippen LogP contribution in [0.5, 0.6) is 0 Å². The number of carboxylic acids is 1. The quantitative estimate of drug-likeness (QED) is 0.805. The number of carbonyl (C=O) groups is 2. The third kappa shape index (κ3) is 4.78. The van der Waals surface area contributed by atoms with Crippen LogP contribution in [0.15, 0.2) is 0 Å². The third-order valence-electron chi connectivity index (χ3n) is 3.47. The first-order chi connectivity index (χ1) is 8.93. The molecule has 3 atom stereocenters. The summed E-state index contributed by atoms with van der Waals surface area (Å²) in [5.74, 6) is -1.36. The van der Waals surface area contributed by atoms with Gasteiger partial charge in [0.1, 0.15) is 0 Å². The lowest BCUT2D eigenvalue weighted by Crippen LogP contribution is -2.46. The maximum absolute atomic E-state index is 11.9. The predicted molar refractivity (Wildman–Crippen MR) is 69.3 cm³/mol. The molecule has 19 heavy (non-hydrogen) atoms. The second-order valence-electron chi connectivity index (χ2n) is 5.26. The molecular weight excluding hydrogens is 246 g/mol. The molecule has 1 aliphatic rings. The van der Waals surface area contributed by atoms with Gasteiger partial charge in [0.15, 0.2) is 0 Å². The van der Waals surface area contributed by atoms with Crippen molar-refractivity contribution in [2.45, 2.75) is 38.6 Å². The number of nitrogens with zero attached hydrogens (tertiary/aromatic N) is 2. The Bertz CT molecular complexity index is 378. The number of aliphatic carboxylic acids is 1. The summed E-state index contributed by atoms with van der Waals surface area (Å²) in [6.45, 7) is 2.13. The molecule has 1 saturated carbocycles. The Balaban J connectivity index is 2.43. The Kier molecular flexibility index (Phi) is 5.61. The van der Waals surface area contributed by atoms with Crippen LogP contribution in [0.1, 0.15) is 32.6 Å². The van der Waals surface area contributed by atoms with Gasteiger partial charge in [-0.05, 0) is 26.2 Å². The van der Waals surface area contributed by atoms with Crippen LogP contribution in [0.3, 0.4) is 0 Å². The lowest BCUT2D eigenvalue weighted by Gasteiger charge is -2.29. The van der Waals surface area contributed by atoms with Gasteiger partial charge in [-0.25, -0.2) is 4.79 Å². The van der Waals surface area contributed by atoms with Crippen molar-refractivity contribution >= 4 is 12.0 Å². The Morgan fingerprint density at radius 2 is 2.21 bits per heavy atom. The molecule has 0 spiro atoms. The molecule has 106 valence electrons. The molecule has 0 bridgehead atoms. The first kappa shape index (κ1) is 15.3. The topological polar surface area (TPSA) is 93.4 Å². The van der Waals surface area contributed by atoms with E-state index in [0.29, 0.717) is 19.4 Å². The second kappa shape index (κ2) is 6.98. The molecule has 0 heterocycles. The van der Waals surface area contributed by atoms with Crippen molar-refractivity contribution in [3.8, 4) is 6.07 Å². The van der Waals surface area contributed by atoms with Gasteiger partial charge >= 0.3 is 12.0 Å². The molecule has 0 aromatic carbocycles. The fraction of sp³-hybridized carbons (Fsp3) is 0.769. The maximum Gasteiger partial charge on any atom is 0.317 e. The fourth-order valence-corrected chi connectivity index (χ4v) is 2.36. The van der Waals surface area contributed by atoms with Crippen LogP contribution < -0.4 is 5.32 Å². The van der Waals surface area contributed by atoms with Gasteiger partial charge in [0.2, 0.25) is 0 Å². The van der Waals surface area contributed by atoms with Crippen LogP contribution in [0.2, 0.25) is 0 Å². The minimum atomic E-state index is -0.787. The minimum Gasteiger partial charge on any atom is -0.481 e. The summed E-state index contributed by atoms with van der Waals surface area (Å²) in [4.78, 5) is 24.3. The number of hydrogen-bond donors (Lipinski definition) is 2. The highest BCUT2D eigenvalue weighted by Gasteiger charge is 2.28. The average molecular weight is 267 g/mol. The molecule has 0 aromatic heterocycles. The molecule has 0 aliphatic heterocycles. The van der Waals surface area contributed by atoms with Crippen LogP contribution in [0.25, 0.3) is 0 Å². The number of nitrogens with one attached hydrogen (secondary N) is 1. The molecule has 2 N–H and O–H groups in total. The van der Waals surface area contributed by atoms with Crippen LogP contribution >= 0.6 is 0 Å². The molecule has 0 radical (unpaired) electrons. The van der Waals surface area contributed by atoms with E-state index >= 15 is 0 Å². The Morgan fingerprint density at radius 3 is 2.79 bits per heavy atom. The lowest BCUT2D eigenvalue weighted by molar-refractivity contribution is -0.143. The molecule has 6 nitrogen and oxygen atoms in total. The van der Waals surface area contributed by atoms with Gasteiger partial charge in [0.05, 0.1) is 17.9 Å². The van der Waals surface area contributed by atoms with Gasteiger partial charge in [0.25, 0.3) is 0 Å². The van der Waals surface area contributed by atoms with E-state index in [0.717, 1.165) is 12.8 Å². The third-order valence-corrected chi connectivity index (χ3v) is 3.47.